The Morgan fingerprint density at radius 2 is 2.10 bits per heavy atom. The van der Waals surface area contributed by atoms with Gasteiger partial charge >= 0.3 is 0 Å². The first-order valence-electron chi connectivity index (χ1n) is 7.60. The summed E-state index contributed by atoms with van der Waals surface area (Å²) in [6, 6.07) is 5.48. The number of H-pyrrole nitrogens is 1. The van der Waals surface area contributed by atoms with Crippen LogP contribution >= 0.6 is 0 Å². The van der Waals surface area contributed by atoms with Gasteiger partial charge in [0.15, 0.2) is 0 Å². The SMILES string of the molecule is CCCC(C)C(C)NCCc1c[nH]c2cc(F)ccc12. The molecule has 1 heterocycles. The predicted molar refractivity (Wildman–Crippen MR) is 83.5 cm³/mol. The highest BCUT2D eigenvalue weighted by Crippen LogP contribution is 2.19. The molecular weight excluding hydrogens is 251 g/mol. The van der Waals surface area contributed by atoms with Crippen LogP contribution in [0.1, 0.15) is 39.2 Å². The molecule has 0 fully saturated rings. The zero-order chi connectivity index (χ0) is 14.5. The van der Waals surface area contributed by atoms with Crippen LogP contribution in [0.4, 0.5) is 4.39 Å². The van der Waals surface area contributed by atoms with Gasteiger partial charge in [-0.05, 0) is 56.0 Å². The van der Waals surface area contributed by atoms with Crippen LogP contribution in [0.25, 0.3) is 10.9 Å². The fourth-order valence-corrected chi connectivity index (χ4v) is 2.71. The Balaban J connectivity index is 1.90. The molecule has 2 nitrogen and oxygen atoms in total. The van der Waals surface area contributed by atoms with Gasteiger partial charge in [-0.15, -0.1) is 0 Å². The smallest absolute Gasteiger partial charge is 0.125 e. The summed E-state index contributed by atoms with van der Waals surface area (Å²) in [5.74, 6) is 0.517. The molecule has 0 aliphatic rings. The lowest BCUT2D eigenvalue weighted by Gasteiger charge is -2.20. The second kappa shape index (κ2) is 6.89. The lowest BCUT2D eigenvalue weighted by atomic mass is 9.98. The quantitative estimate of drug-likeness (QED) is 0.777. The van der Waals surface area contributed by atoms with E-state index < -0.39 is 0 Å². The van der Waals surface area contributed by atoms with Crippen LogP contribution < -0.4 is 5.32 Å². The zero-order valence-electron chi connectivity index (χ0n) is 12.7. The maximum absolute atomic E-state index is 13.1. The number of hydrogen-bond donors (Lipinski definition) is 2. The van der Waals surface area contributed by atoms with Gasteiger partial charge in [-0.2, -0.15) is 0 Å². The van der Waals surface area contributed by atoms with Gasteiger partial charge in [0.1, 0.15) is 5.82 Å². The normalized spacial score (nSPS) is 14.6. The van der Waals surface area contributed by atoms with Crippen LogP contribution in [-0.4, -0.2) is 17.6 Å². The molecule has 1 aromatic heterocycles. The van der Waals surface area contributed by atoms with E-state index in [1.165, 1.54) is 24.5 Å². The summed E-state index contributed by atoms with van der Waals surface area (Å²) in [6.07, 6.45) is 5.46. The van der Waals surface area contributed by atoms with E-state index >= 15 is 0 Å². The lowest BCUT2D eigenvalue weighted by Crippen LogP contribution is -2.33. The second-order valence-electron chi connectivity index (χ2n) is 5.76. The number of benzene rings is 1. The van der Waals surface area contributed by atoms with Crippen molar-refractivity contribution in [3.63, 3.8) is 0 Å². The first-order valence-corrected chi connectivity index (χ1v) is 7.60. The highest BCUT2D eigenvalue weighted by Gasteiger charge is 2.11. The minimum Gasteiger partial charge on any atom is -0.361 e. The van der Waals surface area contributed by atoms with Gasteiger partial charge in [0, 0.05) is 23.1 Å². The average Bonchev–Trinajstić information content (AvgIpc) is 2.81. The molecule has 2 rings (SSSR count). The van der Waals surface area contributed by atoms with E-state index in [0.717, 1.165) is 23.9 Å². The fraction of sp³-hybridized carbons (Fsp3) is 0.529. The van der Waals surface area contributed by atoms with Crippen molar-refractivity contribution in [3.05, 3.63) is 35.8 Å². The van der Waals surface area contributed by atoms with E-state index in [2.05, 4.69) is 31.1 Å². The third kappa shape index (κ3) is 3.60. The van der Waals surface area contributed by atoms with Gasteiger partial charge in [0.25, 0.3) is 0 Å². The van der Waals surface area contributed by atoms with E-state index in [0.29, 0.717) is 12.0 Å². The minimum absolute atomic E-state index is 0.189. The first-order chi connectivity index (χ1) is 9.61. The maximum atomic E-state index is 13.1. The Morgan fingerprint density at radius 1 is 1.30 bits per heavy atom. The van der Waals surface area contributed by atoms with Crippen LogP contribution in [0.5, 0.6) is 0 Å². The van der Waals surface area contributed by atoms with Crippen LogP contribution in [0.15, 0.2) is 24.4 Å². The molecule has 0 amide bonds. The van der Waals surface area contributed by atoms with Crippen LogP contribution in [0, 0.1) is 11.7 Å². The molecule has 2 atom stereocenters. The van der Waals surface area contributed by atoms with Gasteiger partial charge in [0.05, 0.1) is 0 Å². The molecule has 0 bridgehead atoms. The molecular formula is C17H25FN2. The largest absolute Gasteiger partial charge is 0.361 e. The number of aromatic nitrogens is 1. The van der Waals surface area contributed by atoms with E-state index in [4.69, 9.17) is 0 Å². The van der Waals surface area contributed by atoms with Crippen molar-refractivity contribution in [1.82, 2.24) is 10.3 Å². The summed E-state index contributed by atoms with van der Waals surface area (Å²) < 4.78 is 13.1. The Morgan fingerprint density at radius 3 is 2.85 bits per heavy atom. The van der Waals surface area contributed by atoms with Gasteiger partial charge in [-0.25, -0.2) is 4.39 Å². The number of aromatic amines is 1. The Hall–Kier alpha value is -1.35. The molecule has 2 unspecified atom stereocenters. The van der Waals surface area contributed by atoms with Crippen molar-refractivity contribution in [2.75, 3.05) is 6.54 Å². The monoisotopic (exact) mass is 276 g/mol. The summed E-state index contributed by atoms with van der Waals surface area (Å²) >= 11 is 0. The summed E-state index contributed by atoms with van der Waals surface area (Å²) in [4.78, 5) is 3.14. The average molecular weight is 276 g/mol. The van der Waals surface area contributed by atoms with E-state index in [9.17, 15) is 4.39 Å². The Labute approximate surface area is 120 Å². The molecule has 0 saturated heterocycles. The zero-order valence-corrected chi connectivity index (χ0v) is 12.7. The topological polar surface area (TPSA) is 27.8 Å². The molecule has 0 saturated carbocycles. The number of hydrogen-bond acceptors (Lipinski definition) is 1. The van der Waals surface area contributed by atoms with E-state index in [1.54, 1.807) is 6.07 Å². The number of halogens is 1. The van der Waals surface area contributed by atoms with E-state index in [1.807, 2.05) is 12.3 Å². The second-order valence-corrected chi connectivity index (χ2v) is 5.76. The third-order valence-corrected chi connectivity index (χ3v) is 4.19. The number of nitrogens with one attached hydrogen (secondary N) is 2. The highest BCUT2D eigenvalue weighted by molar-refractivity contribution is 5.83. The molecule has 2 aromatic rings. The van der Waals surface area contributed by atoms with Crippen LogP contribution in [-0.2, 0) is 6.42 Å². The minimum atomic E-state index is -0.189. The molecule has 2 N–H and O–H groups in total. The summed E-state index contributed by atoms with van der Waals surface area (Å²) in [7, 11) is 0. The van der Waals surface area contributed by atoms with Gasteiger partial charge in [-0.3, -0.25) is 0 Å². The van der Waals surface area contributed by atoms with Crippen LogP contribution in [0.3, 0.4) is 0 Å². The Kier molecular flexibility index (Phi) is 5.18. The summed E-state index contributed by atoms with van der Waals surface area (Å²) in [5.41, 5.74) is 2.13. The molecule has 20 heavy (non-hydrogen) atoms. The molecule has 110 valence electrons. The van der Waals surface area contributed by atoms with Gasteiger partial charge in [-0.1, -0.05) is 20.3 Å². The summed E-state index contributed by atoms with van der Waals surface area (Å²) in [5, 5.41) is 4.72. The van der Waals surface area contributed by atoms with Gasteiger partial charge < -0.3 is 10.3 Å². The van der Waals surface area contributed by atoms with Crippen molar-refractivity contribution in [1.29, 1.82) is 0 Å². The summed E-state index contributed by atoms with van der Waals surface area (Å²) in [6.45, 7) is 7.74. The molecule has 0 aliphatic carbocycles. The fourth-order valence-electron chi connectivity index (χ4n) is 2.71. The van der Waals surface area contributed by atoms with Crippen molar-refractivity contribution in [3.8, 4) is 0 Å². The van der Waals surface area contributed by atoms with Crippen molar-refractivity contribution < 1.29 is 4.39 Å². The molecule has 0 spiro atoms. The van der Waals surface area contributed by atoms with Gasteiger partial charge in [0.2, 0.25) is 0 Å². The standard InChI is InChI=1S/C17H25FN2/c1-4-5-12(2)13(3)19-9-8-14-11-20-17-10-15(18)6-7-16(14)17/h6-7,10-13,19-20H,4-5,8-9H2,1-3H3. The van der Waals surface area contributed by atoms with Crippen LogP contribution in [0.2, 0.25) is 0 Å². The maximum Gasteiger partial charge on any atom is 0.125 e. The lowest BCUT2D eigenvalue weighted by molar-refractivity contribution is 0.378. The predicted octanol–water partition coefficient (Wildman–Crippen LogP) is 4.26. The van der Waals surface area contributed by atoms with Crippen molar-refractivity contribution in [2.24, 2.45) is 5.92 Å². The molecule has 3 heteroatoms. The van der Waals surface area contributed by atoms with Crippen molar-refractivity contribution >= 4 is 10.9 Å². The number of fused-ring (bicyclic) bond motifs is 1. The third-order valence-electron chi connectivity index (χ3n) is 4.19. The molecule has 0 radical (unpaired) electrons. The van der Waals surface area contributed by atoms with E-state index in [-0.39, 0.29) is 5.82 Å². The number of rotatable bonds is 7. The van der Waals surface area contributed by atoms with Crippen molar-refractivity contribution in [2.45, 2.75) is 46.1 Å². The first kappa shape index (κ1) is 15.0. The molecule has 0 aliphatic heterocycles. The Bertz CT molecular complexity index is 547. The molecule has 1 aromatic carbocycles. The highest BCUT2D eigenvalue weighted by atomic mass is 19.1.